The van der Waals surface area contributed by atoms with Crippen molar-refractivity contribution in [1.82, 2.24) is 24.7 Å². The standard InChI is InChI=1S/C21H20N6O2/c28-17-8-3-7-16(17)27-12-23-26-21(27)15-6-2-9-19(25-15)24-14-5-1-4-13-20(14)18(29)10-11-22-13/h1-2,4-6,9-12,16-17,28H,3,7-8H2,(H,22,29)(H,24,25). The van der Waals surface area contributed by atoms with E-state index in [-0.39, 0.29) is 11.5 Å². The number of nitrogens with zero attached hydrogens (tertiary/aromatic N) is 4. The Morgan fingerprint density at radius 3 is 2.90 bits per heavy atom. The van der Waals surface area contributed by atoms with Crippen LogP contribution >= 0.6 is 0 Å². The first kappa shape index (κ1) is 17.6. The fourth-order valence-electron chi connectivity index (χ4n) is 4.01. The van der Waals surface area contributed by atoms with E-state index in [0.717, 1.165) is 24.8 Å². The van der Waals surface area contributed by atoms with Gasteiger partial charge in [0, 0.05) is 12.3 Å². The van der Waals surface area contributed by atoms with Crippen LogP contribution in [0.15, 0.2) is 59.8 Å². The molecule has 0 spiro atoms. The summed E-state index contributed by atoms with van der Waals surface area (Å²) in [5, 5.41) is 22.4. The summed E-state index contributed by atoms with van der Waals surface area (Å²) in [6, 6.07) is 12.6. The average molecular weight is 388 g/mol. The van der Waals surface area contributed by atoms with Crippen LogP contribution in [0, 0.1) is 0 Å². The summed E-state index contributed by atoms with van der Waals surface area (Å²) in [6.07, 6.45) is 5.55. The lowest BCUT2D eigenvalue weighted by molar-refractivity contribution is 0.137. The molecule has 2 unspecified atom stereocenters. The van der Waals surface area contributed by atoms with Gasteiger partial charge in [-0.25, -0.2) is 4.98 Å². The Morgan fingerprint density at radius 2 is 2.03 bits per heavy atom. The number of nitrogens with one attached hydrogen (secondary N) is 2. The second-order valence-corrected chi connectivity index (χ2v) is 7.23. The summed E-state index contributed by atoms with van der Waals surface area (Å²) in [4.78, 5) is 20.1. The van der Waals surface area contributed by atoms with Gasteiger partial charge < -0.3 is 20.0 Å². The Kier molecular flexibility index (Phi) is 4.33. The second kappa shape index (κ2) is 7.14. The molecule has 1 aliphatic carbocycles. The molecule has 0 radical (unpaired) electrons. The highest BCUT2D eigenvalue weighted by atomic mass is 16.3. The van der Waals surface area contributed by atoms with Crippen molar-refractivity contribution < 1.29 is 5.11 Å². The van der Waals surface area contributed by atoms with Gasteiger partial charge in [-0.1, -0.05) is 12.1 Å². The molecule has 1 aliphatic rings. The van der Waals surface area contributed by atoms with Crippen molar-refractivity contribution in [1.29, 1.82) is 0 Å². The number of fused-ring (bicyclic) bond motifs is 1. The molecule has 1 saturated carbocycles. The van der Waals surface area contributed by atoms with Crippen molar-refractivity contribution in [3.63, 3.8) is 0 Å². The van der Waals surface area contributed by atoms with Crippen molar-refractivity contribution in [3.05, 3.63) is 65.2 Å². The number of hydrogen-bond acceptors (Lipinski definition) is 6. The number of rotatable bonds is 4. The van der Waals surface area contributed by atoms with Crippen molar-refractivity contribution in [2.45, 2.75) is 31.4 Å². The zero-order chi connectivity index (χ0) is 19.8. The van der Waals surface area contributed by atoms with Crippen LogP contribution in [0.2, 0.25) is 0 Å². The van der Waals surface area contributed by atoms with Gasteiger partial charge >= 0.3 is 0 Å². The summed E-state index contributed by atoms with van der Waals surface area (Å²) < 4.78 is 1.91. The summed E-state index contributed by atoms with van der Waals surface area (Å²) in [5.74, 6) is 1.22. The fourth-order valence-corrected chi connectivity index (χ4v) is 4.01. The summed E-state index contributed by atoms with van der Waals surface area (Å²) in [5.41, 5.74) is 2.03. The van der Waals surface area contributed by atoms with Crippen LogP contribution in [-0.4, -0.2) is 35.9 Å². The van der Waals surface area contributed by atoms with E-state index >= 15 is 0 Å². The third-order valence-corrected chi connectivity index (χ3v) is 5.40. The van der Waals surface area contributed by atoms with Gasteiger partial charge in [0.25, 0.3) is 0 Å². The van der Waals surface area contributed by atoms with Crippen molar-refractivity contribution >= 4 is 22.4 Å². The normalized spacial score (nSPS) is 18.9. The Bertz CT molecular complexity index is 1230. The molecule has 0 aliphatic heterocycles. The maximum absolute atomic E-state index is 12.3. The minimum Gasteiger partial charge on any atom is -0.391 e. The maximum atomic E-state index is 12.3. The van der Waals surface area contributed by atoms with Crippen LogP contribution in [-0.2, 0) is 0 Å². The van der Waals surface area contributed by atoms with E-state index in [4.69, 9.17) is 0 Å². The van der Waals surface area contributed by atoms with Crippen molar-refractivity contribution in [3.8, 4) is 11.5 Å². The molecule has 4 aromatic rings. The van der Waals surface area contributed by atoms with E-state index in [0.29, 0.717) is 28.4 Å². The minimum atomic E-state index is -0.395. The predicted molar refractivity (Wildman–Crippen MR) is 110 cm³/mol. The molecule has 146 valence electrons. The zero-order valence-electron chi connectivity index (χ0n) is 15.6. The molecule has 0 bridgehead atoms. The molecule has 1 aromatic carbocycles. The van der Waals surface area contributed by atoms with Gasteiger partial charge in [-0.15, -0.1) is 10.2 Å². The Balaban J connectivity index is 1.51. The summed E-state index contributed by atoms with van der Waals surface area (Å²) in [7, 11) is 0. The SMILES string of the molecule is O=c1cc[nH]c2cccc(Nc3cccc(-c4nncn4C4CCCC4O)n3)c12. The number of anilines is 2. The molecule has 5 rings (SSSR count). The van der Waals surface area contributed by atoms with Crippen LogP contribution in [0.3, 0.4) is 0 Å². The molecule has 29 heavy (non-hydrogen) atoms. The van der Waals surface area contributed by atoms with E-state index < -0.39 is 6.10 Å². The lowest BCUT2D eigenvalue weighted by Crippen LogP contribution is -2.18. The van der Waals surface area contributed by atoms with Crippen LogP contribution in [0.25, 0.3) is 22.4 Å². The summed E-state index contributed by atoms with van der Waals surface area (Å²) >= 11 is 0. The third kappa shape index (κ3) is 3.17. The van der Waals surface area contributed by atoms with Gasteiger partial charge in [-0.2, -0.15) is 0 Å². The number of H-pyrrole nitrogens is 1. The number of aliphatic hydroxyl groups is 1. The third-order valence-electron chi connectivity index (χ3n) is 5.40. The van der Waals surface area contributed by atoms with Crippen molar-refractivity contribution in [2.24, 2.45) is 0 Å². The van der Waals surface area contributed by atoms with Gasteiger partial charge in [0.15, 0.2) is 11.3 Å². The van der Waals surface area contributed by atoms with Gasteiger partial charge in [-0.05, 0) is 43.5 Å². The quantitative estimate of drug-likeness (QED) is 0.496. The molecule has 1 fully saturated rings. The van der Waals surface area contributed by atoms with E-state index in [9.17, 15) is 9.90 Å². The lowest BCUT2D eigenvalue weighted by atomic mass is 10.1. The summed E-state index contributed by atoms with van der Waals surface area (Å²) in [6.45, 7) is 0. The molecular formula is C21H20N6O2. The van der Waals surface area contributed by atoms with E-state index in [1.54, 1.807) is 12.5 Å². The van der Waals surface area contributed by atoms with Crippen LogP contribution in [0.5, 0.6) is 0 Å². The number of aromatic amines is 1. The smallest absolute Gasteiger partial charge is 0.191 e. The molecule has 8 nitrogen and oxygen atoms in total. The first-order valence-corrected chi connectivity index (χ1v) is 9.63. The molecule has 3 N–H and O–H groups in total. The highest BCUT2D eigenvalue weighted by Crippen LogP contribution is 2.33. The van der Waals surface area contributed by atoms with Gasteiger partial charge in [0.1, 0.15) is 17.8 Å². The minimum absolute atomic E-state index is 0.0324. The molecule has 3 heterocycles. The van der Waals surface area contributed by atoms with Crippen LogP contribution in [0.1, 0.15) is 25.3 Å². The molecule has 0 saturated heterocycles. The Hall–Kier alpha value is -3.52. The van der Waals surface area contributed by atoms with Gasteiger partial charge in [-0.3, -0.25) is 4.79 Å². The molecular weight excluding hydrogens is 368 g/mol. The number of aliphatic hydroxyl groups excluding tert-OH is 1. The maximum Gasteiger partial charge on any atom is 0.191 e. The Morgan fingerprint density at radius 1 is 1.14 bits per heavy atom. The molecule has 2 atom stereocenters. The molecule has 0 amide bonds. The highest BCUT2D eigenvalue weighted by molar-refractivity contribution is 5.92. The lowest BCUT2D eigenvalue weighted by Gasteiger charge is -2.18. The molecule has 8 heteroatoms. The van der Waals surface area contributed by atoms with Gasteiger partial charge in [0.05, 0.1) is 28.7 Å². The van der Waals surface area contributed by atoms with Crippen LogP contribution in [0.4, 0.5) is 11.5 Å². The zero-order valence-corrected chi connectivity index (χ0v) is 15.6. The van der Waals surface area contributed by atoms with Gasteiger partial charge in [0.2, 0.25) is 0 Å². The highest BCUT2D eigenvalue weighted by Gasteiger charge is 2.29. The van der Waals surface area contributed by atoms with Crippen LogP contribution < -0.4 is 10.7 Å². The number of aromatic nitrogens is 5. The first-order valence-electron chi connectivity index (χ1n) is 9.63. The topological polar surface area (TPSA) is 109 Å². The largest absolute Gasteiger partial charge is 0.391 e. The first-order chi connectivity index (χ1) is 14.2. The predicted octanol–water partition coefficient (Wildman–Crippen LogP) is 3.01. The Labute approximate surface area is 166 Å². The molecule has 3 aromatic heterocycles. The number of benzene rings is 1. The monoisotopic (exact) mass is 388 g/mol. The van der Waals surface area contributed by atoms with Crippen molar-refractivity contribution in [2.75, 3.05) is 5.32 Å². The fraction of sp³-hybridized carbons (Fsp3) is 0.238. The van der Waals surface area contributed by atoms with E-state index in [1.165, 1.54) is 6.07 Å². The average Bonchev–Trinajstić information content (AvgIpc) is 3.37. The number of hydrogen-bond donors (Lipinski definition) is 3. The number of pyridine rings is 2. The van der Waals surface area contributed by atoms with E-state index in [2.05, 4.69) is 25.5 Å². The second-order valence-electron chi connectivity index (χ2n) is 7.23. The van der Waals surface area contributed by atoms with E-state index in [1.807, 2.05) is 41.0 Å².